The lowest BCUT2D eigenvalue weighted by Crippen LogP contribution is -2.38. The number of amides is 1. The molecule has 1 amide bonds. The van der Waals surface area contributed by atoms with Gasteiger partial charge in [0.1, 0.15) is 23.0 Å². The zero-order valence-electron chi connectivity index (χ0n) is 17.5. The third kappa shape index (κ3) is 3.49. The minimum absolute atomic E-state index is 0.305. The number of rotatable bonds is 2. The number of benzene rings is 1. The first-order chi connectivity index (χ1) is 14.8. The van der Waals surface area contributed by atoms with Crippen LogP contribution in [-0.2, 0) is 9.53 Å². The molecule has 4 heterocycles. The molecular formula is C24H24FN3O3. The zero-order chi connectivity index (χ0) is 21.8. The summed E-state index contributed by atoms with van der Waals surface area (Å²) in [7, 11) is 0. The summed E-state index contributed by atoms with van der Waals surface area (Å²) in [4.78, 5) is 19.3. The number of halogens is 1. The summed E-state index contributed by atoms with van der Waals surface area (Å²) < 4.78 is 19.7. The van der Waals surface area contributed by atoms with Crippen molar-refractivity contribution < 1.29 is 19.0 Å². The van der Waals surface area contributed by atoms with Gasteiger partial charge in [0.15, 0.2) is 0 Å². The minimum atomic E-state index is -0.657. The molecule has 0 saturated carbocycles. The highest BCUT2D eigenvalue weighted by Crippen LogP contribution is 2.44. The standard InChI is InChI=1S/C24H24FN3O3/c1-24(2)18(14-5-8-21(26-12-14)28-9-3-4-16(29)13-28)11-20(31-24)22-17-7-6-15(25)10-19(17)27-23(22)30/h5-8,10-12,16,29H,3-4,9,13H2,1-2H3,(H,27,30). The molecule has 0 aliphatic carbocycles. The number of fused-ring (bicyclic) bond motifs is 1. The molecule has 1 fully saturated rings. The van der Waals surface area contributed by atoms with E-state index in [1.807, 2.05) is 32.1 Å². The van der Waals surface area contributed by atoms with Gasteiger partial charge in [-0.05, 0) is 63.1 Å². The number of anilines is 2. The van der Waals surface area contributed by atoms with Crippen molar-refractivity contribution in [3.63, 3.8) is 0 Å². The molecule has 1 aromatic heterocycles. The molecule has 6 nitrogen and oxygen atoms in total. The van der Waals surface area contributed by atoms with Gasteiger partial charge in [0.25, 0.3) is 5.91 Å². The number of hydrogen-bond donors (Lipinski definition) is 2. The Morgan fingerprint density at radius 2 is 2.13 bits per heavy atom. The van der Waals surface area contributed by atoms with Crippen LogP contribution in [0.15, 0.2) is 48.4 Å². The van der Waals surface area contributed by atoms with Crippen LogP contribution in [0.3, 0.4) is 0 Å². The normalized spacial score (nSPS) is 24.5. The third-order valence-corrected chi connectivity index (χ3v) is 6.04. The molecule has 2 aromatic rings. The molecule has 0 bridgehead atoms. The lowest BCUT2D eigenvalue weighted by atomic mass is 9.93. The van der Waals surface area contributed by atoms with E-state index in [2.05, 4.69) is 15.2 Å². The maximum Gasteiger partial charge on any atom is 0.260 e. The van der Waals surface area contributed by atoms with E-state index in [-0.39, 0.29) is 12.0 Å². The summed E-state index contributed by atoms with van der Waals surface area (Å²) in [5, 5.41) is 12.6. The van der Waals surface area contributed by atoms with E-state index < -0.39 is 11.4 Å². The molecule has 1 atom stereocenters. The Morgan fingerprint density at radius 1 is 1.29 bits per heavy atom. The van der Waals surface area contributed by atoms with Crippen molar-refractivity contribution in [3.8, 4) is 0 Å². The van der Waals surface area contributed by atoms with Crippen LogP contribution in [0.1, 0.15) is 37.8 Å². The van der Waals surface area contributed by atoms with Crippen LogP contribution in [0.25, 0.3) is 11.1 Å². The second kappa shape index (κ2) is 7.20. The quantitative estimate of drug-likeness (QED) is 0.723. The number of allylic oxidation sites excluding steroid dienone is 1. The lowest BCUT2D eigenvalue weighted by molar-refractivity contribution is -0.111. The monoisotopic (exact) mass is 421 g/mol. The Hall–Kier alpha value is -3.19. The van der Waals surface area contributed by atoms with Gasteiger partial charge in [-0.15, -0.1) is 0 Å². The maximum absolute atomic E-state index is 13.6. The van der Waals surface area contributed by atoms with E-state index in [1.54, 1.807) is 12.3 Å². The number of carbonyl (C=O) groups excluding carboxylic acids is 1. The molecule has 0 radical (unpaired) electrons. The second-order valence-corrected chi connectivity index (χ2v) is 8.70. The number of aromatic nitrogens is 1. The van der Waals surface area contributed by atoms with Crippen LogP contribution in [0, 0.1) is 5.82 Å². The first-order valence-corrected chi connectivity index (χ1v) is 10.5. The topological polar surface area (TPSA) is 74.7 Å². The Kier molecular flexibility index (Phi) is 4.59. The number of piperidine rings is 1. The van der Waals surface area contributed by atoms with Crippen LogP contribution in [0.2, 0.25) is 0 Å². The number of ether oxygens (including phenoxy) is 1. The van der Waals surface area contributed by atoms with Crippen LogP contribution >= 0.6 is 0 Å². The lowest BCUT2D eigenvalue weighted by Gasteiger charge is -2.31. The van der Waals surface area contributed by atoms with Crippen molar-refractivity contribution in [1.82, 2.24) is 4.98 Å². The number of pyridine rings is 1. The van der Waals surface area contributed by atoms with Gasteiger partial charge in [-0.2, -0.15) is 0 Å². The molecular weight excluding hydrogens is 397 g/mol. The van der Waals surface area contributed by atoms with Gasteiger partial charge in [0.05, 0.1) is 17.4 Å². The Balaban J connectivity index is 1.49. The highest BCUT2D eigenvalue weighted by atomic mass is 19.1. The van der Waals surface area contributed by atoms with E-state index in [9.17, 15) is 14.3 Å². The Morgan fingerprint density at radius 3 is 2.87 bits per heavy atom. The SMILES string of the molecule is CC1(C)OC(=C2C(=O)Nc3cc(F)ccc32)C=C1c1ccc(N2CCCC(O)C2)nc1. The number of nitrogens with zero attached hydrogens (tertiary/aromatic N) is 2. The molecule has 7 heteroatoms. The molecule has 1 unspecified atom stereocenters. The minimum Gasteiger partial charge on any atom is -0.482 e. The number of hydrogen-bond acceptors (Lipinski definition) is 5. The smallest absolute Gasteiger partial charge is 0.260 e. The van der Waals surface area contributed by atoms with E-state index in [0.717, 1.165) is 36.3 Å². The fourth-order valence-corrected chi connectivity index (χ4v) is 4.50. The van der Waals surface area contributed by atoms with Crippen molar-refractivity contribution >= 4 is 28.6 Å². The summed E-state index contributed by atoms with van der Waals surface area (Å²) >= 11 is 0. The van der Waals surface area contributed by atoms with E-state index >= 15 is 0 Å². The van der Waals surface area contributed by atoms with Gasteiger partial charge in [0, 0.05) is 36.0 Å². The largest absolute Gasteiger partial charge is 0.482 e. The van der Waals surface area contributed by atoms with Gasteiger partial charge in [0.2, 0.25) is 0 Å². The van der Waals surface area contributed by atoms with Crippen LogP contribution in [0.4, 0.5) is 15.9 Å². The number of β-amino-alcohol motifs (C(OH)–C–C–N with tert-alkyl or cyclic N) is 1. The average molecular weight is 421 g/mol. The summed E-state index contributed by atoms with van der Waals surface area (Å²) in [5.41, 5.74) is 2.65. The summed E-state index contributed by atoms with van der Waals surface area (Å²) in [6.07, 6.45) is 5.13. The molecule has 2 N–H and O–H groups in total. The molecule has 31 heavy (non-hydrogen) atoms. The summed E-state index contributed by atoms with van der Waals surface area (Å²) in [5.74, 6) is 0.596. The highest BCUT2D eigenvalue weighted by Gasteiger charge is 2.38. The molecule has 1 saturated heterocycles. The predicted molar refractivity (Wildman–Crippen MR) is 117 cm³/mol. The molecule has 1 aromatic carbocycles. The first kappa shape index (κ1) is 19.8. The molecule has 3 aliphatic rings. The van der Waals surface area contributed by atoms with Gasteiger partial charge in [-0.1, -0.05) is 0 Å². The fraction of sp³-hybridized carbons (Fsp3) is 0.333. The molecule has 3 aliphatic heterocycles. The van der Waals surface area contributed by atoms with E-state index in [4.69, 9.17) is 4.74 Å². The predicted octanol–water partition coefficient (Wildman–Crippen LogP) is 3.74. The average Bonchev–Trinajstić information content (AvgIpc) is 3.22. The second-order valence-electron chi connectivity index (χ2n) is 8.70. The third-order valence-electron chi connectivity index (χ3n) is 6.04. The van der Waals surface area contributed by atoms with Crippen LogP contribution in [-0.4, -0.2) is 40.8 Å². The molecule has 0 spiro atoms. The Labute approximate surface area is 180 Å². The van der Waals surface area contributed by atoms with E-state index in [0.29, 0.717) is 29.1 Å². The number of aliphatic hydroxyl groups excluding tert-OH is 1. The van der Waals surface area contributed by atoms with Gasteiger partial charge < -0.3 is 20.1 Å². The van der Waals surface area contributed by atoms with Crippen molar-refractivity contribution in [1.29, 1.82) is 0 Å². The van der Waals surface area contributed by atoms with Crippen LogP contribution < -0.4 is 10.2 Å². The van der Waals surface area contributed by atoms with Gasteiger partial charge in [-0.25, -0.2) is 9.37 Å². The maximum atomic E-state index is 13.6. The summed E-state index contributed by atoms with van der Waals surface area (Å²) in [6.45, 7) is 5.36. The number of aliphatic hydroxyl groups is 1. The van der Waals surface area contributed by atoms with Gasteiger partial charge in [-0.3, -0.25) is 4.79 Å². The number of nitrogens with one attached hydrogen (secondary N) is 1. The number of carbonyl (C=O) groups is 1. The molecule has 160 valence electrons. The zero-order valence-corrected chi connectivity index (χ0v) is 17.5. The van der Waals surface area contributed by atoms with Crippen molar-refractivity contribution in [2.24, 2.45) is 0 Å². The molecule has 5 rings (SSSR count). The summed E-state index contributed by atoms with van der Waals surface area (Å²) in [6, 6.07) is 8.19. The van der Waals surface area contributed by atoms with Crippen molar-refractivity contribution in [2.45, 2.75) is 38.4 Å². The van der Waals surface area contributed by atoms with Crippen LogP contribution in [0.5, 0.6) is 0 Å². The highest BCUT2D eigenvalue weighted by molar-refractivity contribution is 6.32. The Bertz CT molecular complexity index is 1120. The van der Waals surface area contributed by atoms with Crippen molar-refractivity contribution in [3.05, 3.63) is 65.3 Å². The first-order valence-electron chi connectivity index (χ1n) is 10.5. The fourth-order valence-electron chi connectivity index (χ4n) is 4.50. The van der Waals surface area contributed by atoms with Crippen molar-refractivity contribution in [2.75, 3.05) is 23.3 Å². The van der Waals surface area contributed by atoms with E-state index in [1.165, 1.54) is 12.1 Å². The van der Waals surface area contributed by atoms with Gasteiger partial charge >= 0.3 is 0 Å².